The summed E-state index contributed by atoms with van der Waals surface area (Å²) in [5.41, 5.74) is -0.323. The molecule has 0 aliphatic rings. The van der Waals surface area contributed by atoms with Gasteiger partial charge in [0.1, 0.15) is 6.54 Å². The highest BCUT2D eigenvalue weighted by Crippen LogP contribution is 2.27. The van der Waals surface area contributed by atoms with Crippen LogP contribution in [0.1, 0.15) is 0 Å². The summed E-state index contributed by atoms with van der Waals surface area (Å²) in [4.78, 5) is 25.4. The van der Waals surface area contributed by atoms with Crippen molar-refractivity contribution in [3.63, 3.8) is 0 Å². The highest BCUT2D eigenvalue weighted by atomic mass is 35.5. The van der Waals surface area contributed by atoms with Crippen molar-refractivity contribution < 1.29 is 14.8 Å². The molecule has 0 radical (unpaired) electrons. The lowest BCUT2D eigenvalue weighted by molar-refractivity contribution is -0.384. The Bertz CT molecular complexity index is 437. The zero-order valence-electron chi connectivity index (χ0n) is 8.25. The number of anilines is 1. The van der Waals surface area contributed by atoms with E-state index >= 15 is 0 Å². The Morgan fingerprint density at radius 1 is 1.75 bits per heavy atom. The maximum absolute atomic E-state index is 10.7. The Labute approximate surface area is 95.4 Å². The standard InChI is InChI=1S/C8H8ClN3O4/c1-11(4-7(13)14)8-6(12(15)16)2-5(9)3-10-8/h2-3H,4H2,1H3,(H,13,14). The first-order chi connectivity index (χ1) is 7.41. The average molecular weight is 246 g/mol. The summed E-state index contributed by atoms with van der Waals surface area (Å²) in [7, 11) is 1.40. The third kappa shape index (κ3) is 2.80. The normalized spacial score (nSPS) is 9.88. The lowest BCUT2D eigenvalue weighted by atomic mass is 10.3. The fourth-order valence-electron chi connectivity index (χ4n) is 1.13. The second-order valence-corrected chi connectivity index (χ2v) is 3.44. The molecule has 1 aromatic rings. The molecule has 0 saturated heterocycles. The number of likely N-dealkylation sites (N-methyl/N-ethyl adjacent to an activating group) is 1. The molecule has 0 fully saturated rings. The first-order valence-corrected chi connectivity index (χ1v) is 4.52. The number of pyridine rings is 1. The minimum Gasteiger partial charge on any atom is -0.480 e. The van der Waals surface area contributed by atoms with E-state index in [-0.39, 0.29) is 23.1 Å². The van der Waals surface area contributed by atoms with Crippen LogP contribution in [-0.2, 0) is 4.79 Å². The van der Waals surface area contributed by atoms with Gasteiger partial charge in [0.15, 0.2) is 0 Å². The van der Waals surface area contributed by atoms with Crippen molar-refractivity contribution in [2.45, 2.75) is 0 Å². The van der Waals surface area contributed by atoms with Crippen LogP contribution in [0.2, 0.25) is 5.02 Å². The van der Waals surface area contributed by atoms with Gasteiger partial charge in [-0.2, -0.15) is 0 Å². The molecule has 8 heteroatoms. The Kier molecular flexibility index (Phi) is 3.62. The smallest absolute Gasteiger partial charge is 0.323 e. The number of rotatable bonds is 4. The summed E-state index contributed by atoms with van der Waals surface area (Å²) in [5, 5.41) is 19.4. The van der Waals surface area contributed by atoms with Gasteiger partial charge in [0.2, 0.25) is 5.82 Å². The van der Waals surface area contributed by atoms with E-state index in [1.54, 1.807) is 0 Å². The third-order valence-electron chi connectivity index (χ3n) is 1.74. The molecule has 1 N–H and O–H groups in total. The Hall–Kier alpha value is -1.89. The largest absolute Gasteiger partial charge is 0.480 e. The topological polar surface area (TPSA) is 96.6 Å². The van der Waals surface area contributed by atoms with Crippen molar-refractivity contribution in [2.75, 3.05) is 18.5 Å². The average Bonchev–Trinajstić information content (AvgIpc) is 2.16. The Balaban J connectivity index is 3.12. The molecule has 86 valence electrons. The number of nitrogens with zero attached hydrogens (tertiary/aromatic N) is 3. The van der Waals surface area contributed by atoms with Crippen LogP contribution >= 0.6 is 11.6 Å². The van der Waals surface area contributed by atoms with Crippen LogP contribution in [-0.4, -0.2) is 34.6 Å². The number of nitro groups is 1. The van der Waals surface area contributed by atoms with Gasteiger partial charge in [0, 0.05) is 19.3 Å². The SMILES string of the molecule is CN(CC(=O)O)c1ncc(Cl)cc1[N+](=O)[O-]. The molecule has 0 aliphatic carbocycles. The van der Waals surface area contributed by atoms with Gasteiger partial charge >= 0.3 is 11.7 Å². The number of carboxylic acid groups (broad SMARTS) is 1. The van der Waals surface area contributed by atoms with Crippen molar-refractivity contribution in [1.29, 1.82) is 0 Å². The van der Waals surface area contributed by atoms with E-state index in [2.05, 4.69) is 4.98 Å². The molecule has 0 unspecified atom stereocenters. The fraction of sp³-hybridized carbons (Fsp3) is 0.250. The van der Waals surface area contributed by atoms with Crippen molar-refractivity contribution in [1.82, 2.24) is 4.98 Å². The number of hydrogen-bond acceptors (Lipinski definition) is 5. The molecule has 0 amide bonds. The first-order valence-electron chi connectivity index (χ1n) is 4.14. The lowest BCUT2D eigenvalue weighted by Crippen LogP contribution is -2.26. The summed E-state index contributed by atoms with van der Waals surface area (Å²) in [6, 6.07) is 1.13. The van der Waals surface area contributed by atoms with Crippen LogP contribution in [0, 0.1) is 10.1 Å². The number of carbonyl (C=O) groups is 1. The zero-order chi connectivity index (χ0) is 12.3. The summed E-state index contributed by atoms with van der Waals surface area (Å²) in [6.07, 6.45) is 1.22. The van der Waals surface area contributed by atoms with E-state index in [0.717, 1.165) is 11.0 Å². The maximum Gasteiger partial charge on any atom is 0.323 e. The van der Waals surface area contributed by atoms with Crippen molar-refractivity contribution in [2.24, 2.45) is 0 Å². The molecular weight excluding hydrogens is 238 g/mol. The molecule has 0 aromatic carbocycles. The molecule has 0 spiro atoms. The van der Waals surface area contributed by atoms with Crippen LogP contribution in [0.25, 0.3) is 0 Å². The molecule has 0 bridgehead atoms. The van der Waals surface area contributed by atoms with Gasteiger partial charge in [-0.25, -0.2) is 4.98 Å². The second-order valence-electron chi connectivity index (χ2n) is 3.00. The quantitative estimate of drug-likeness (QED) is 0.632. The Morgan fingerprint density at radius 3 is 2.88 bits per heavy atom. The van der Waals surface area contributed by atoms with Crippen LogP contribution in [0.15, 0.2) is 12.3 Å². The number of carboxylic acids is 1. The van der Waals surface area contributed by atoms with E-state index < -0.39 is 10.9 Å². The second kappa shape index (κ2) is 4.75. The van der Waals surface area contributed by atoms with Crippen LogP contribution in [0.5, 0.6) is 0 Å². The van der Waals surface area contributed by atoms with Crippen molar-refractivity contribution >= 4 is 29.1 Å². The first kappa shape index (κ1) is 12.2. The monoisotopic (exact) mass is 245 g/mol. The minimum atomic E-state index is -1.10. The number of aromatic nitrogens is 1. The summed E-state index contributed by atoms with van der Waals surface area (Å²) >= 11 is 5.57. The van der Waals surface area contributed by atoms with E-state index in [1.165, 1.54) is 13.2 Å². The van der Waals surface area contributed by atoms with Crippen LogP contribution in [0.3, 0.4) is 0 Å². The third-order valence-corrected chi connectivity index (χ3v) is 1.95. The predicted molar refractivity (Wildman–Crippen MR) is 56.8 cm³/mol. The lowest BCUT2D eigenvalue weighted by Gasteiger charge is -2.14. The van der Waals surface area contributed by atoms with Gasteiger partial charge in [-0.05, 0) is 0 Å². The highest BCUT2D eigenvalue weighted by Gasteiger charge is 2.20. The van der Waals surface area contributed by atoms with Gasteiger partial charge in [-0.15, -0.1) is 0 Å². The number of halogens is 1. The molecule has 1 aromatic heterocycles. The van der Waals surface area contributed by atoms with Gasteiger partial charge in [0.05, 0.1) is 9.95 Å². The van der Waals surface area contributed by atoms with E-state index in [1.807, 2.05) is 0 Å². The van der Waals surface area contributed by atoms with E-state index in [0.29, 0.717) is 0 Å². The van der Waals surface area contributed by atoms with Crippen molar-refractivity contribution in [3.8, 4) is 0 Å². The molecule has 0 aliphatic heterocycles. The molecule has 1 heterocycles. The summed E-state index contributed by atoms with van der Waals surface area (Å²) in [5.74, 6) is -1.13. The minimum absolute atomic E-state index is 0.0307. The van der Waals surface area contributed by atoms with Gasteiger partial charge < -0.3 is 10.0 Å². The number of aliphatic carboxylic acids is 1. The zero-order valence-corrected chi connectivity index (χ0v) is 9.01. The van der Waals surface area contributed by atoms with Crippen LogP contribution < -0.4 is 4.90 Å². The highest BCUT2D eigenvalue weighted by molar-refractivity contribution is 6.30. The summed E-state index contributed by atoms with van der Waals surface area (Å²) < 4.78 is 0. The van der Waals surface area contributed by atoms with Gasteiger partial charge in [-0.1, -0.05) is 11.6 Å². The Morgan fingerprint density at radius 2 is 2.38 bits per heavy atom. The number of hydrogen-bond donors (Lipinski definition) is 1. The molecule has 0 atom stereocenters. The summed E-state index contributed by atoms with van der Waals surface area (Å²) in [6.45, 7) is -0.379. The molecule has 7 nitrogen and oxygen atoms in total. The molecule has 0 saturated carbocycles. The van der Waals surface area contributed by atoms with Gasteiger partial charge in [0.25, 0.3) is 0 Å². The van der Waals surface area contributed by atoms with Crippen molar-refractivity contribution in [3.05, 3.63) is 27.4 Å². The fourth-order valence-corrected chi connectivity index (χ4v) is 1.28. The molecule has 16 heavy (non-hydrogen) atoms. The van der Waals surface area contributed by atoms with Crippen LogP contribution in [0.4, 0.5) is 11.5 Å². The van der Waals surface area contributed by atoms with E-state index in [9.17, 15) is 14.9 Å². The van der Waals surface area contributed by atoms with E-state index in [4.69, 9.17) is 16.7 Å². The van der Waals surface area contributed by atoms with Gasteiger partial charge in [-0.3, -0.25) is 14.9 Å². The predicted octanol–water partition coefficient (Wildman–Crippen LogP) is 1.16. The molecular formula is C8H8ClN3O4. The maximum atomic E-state index is 10.7. The molecule has 1 rings (SSSR count).